The van der Waals surface area contributed by atoms with Crippen molar-refractivity contribution in [3.8, 4) is 6.07 Å². The Morgan fingerprint density at radius 1 is 1.08 bits per heavy atom. The van der Waals surface area contributed by atoms with E-state index in [4.69, 9.17) is 0 Å². The van der Waals surface area contributed by atoms with Crippen LogP contribution in [0.5, 0.6) is 0 Å². The Labute approximate surface area is 153 Å². The second-order valence-electron chi connectivity index (χ2n) is 6.91. The van der Waals surface area contributed by atoms with Gasteiger partial charge in [0.2, 0.25) is 0 Å². The van der Waals surface area contributed by atoms with Gasteiger partial charge in [0, 0.05) is 36.0 Å². The molecule has 3 aromatic rings. The number of fused-ring (bicyclic) bond motifs is 1. The Hall–Kier alpha value is -2.90. The van der Waals surface area contributed by atoms with Gasteiger partial charge in [-0.25, -0.2) is 0 Å². The quantitative estimate of drug-likeness (QED) is 0.675. The van der Waals surface area contributed by atoms with Gasteiger partial charge >= 0.3 is 0 Å². The summed E-state index contributed by atoms with van der Waals surface area (Å²) < 4.78 is 2.01. The van der Waals surface area contributed by atoms with Crippen molar-refractivity contribution >= 4 is 11.3 Å². The van der Waals surface area contributed by atoms with Crippen molar-refractivity contribution < 1.29 is 4.79 Å². The van der Waals surface area contributed by atoms with Crippen LogP contribution in [0.25, 0.3) is 5.52 Å². The van der Waals surface area contributed by atoms with Gasteiger partial charge in [-0.15, -0.1) is 0 Å². The summed E-state index contributed by atoms with van der Waals surface area (Å²) in [7, 11) is 0. The number of carbonyl (C=O) groups is 1. The average molecular weight is 343 g/mol. The van der Waals surface area contributed by atoms with Crippen LogP contribution in [0.1, 0.15) is 34.3 Å². The maximum absolute atomic E-state index is 12.6. The van der Waals surface area contributed by atoms with Crippen molar-refractivity contribution in [2.75, 3.05) is 13.1 Å². The molecule has 0 amide bonds. The molecule has 2 aromatic heterocycles. The lowest BCUT2D eigenvalue weighted by Gasteiger charge is -2.31. The highest BCUT2D eigenvalue weighted by Gasteiger charge is 2.26. The number of nitriles is 1. The molecule has 4 heteroatoms. The molecular formula is C22H21N3O. The summed E-state index contributed by atoms with van der Waals surface area (Å²) in [6.07, 6.45) is 5.78. The minimum absolute atomic E-state index is 0.109. The van der Waals surface area contributed by atoms with Gasteiger partial charge in [0.05, 0.1) is 11.1 Å². The Balaban J connectivity index is 1.43. The monoisotopic (exact) mass is 343 g/mol. The molecule has 1 aliphatic heterocycles. The summed E-state index contributed by atoms with van der Waals surface area (Å²) in [5.41, 5.74) is 3.59. The van der Waals surface area contributed by atoms with Gasteiger partial charge in [-0.05, 0) is 38.1 Å². The lowest BCUT2D eigenvalue weighted by Crippen LogP contribution is -2.36. The van der Waals surface area contributed by atoms with E-state index in [1.165, 1.54) is 0 Å². The van der Waals surface area contributed by atoms with Crippen LogP contribution in [0.15, 0.2) is 60.9 Å². The van der Waals surface area contributed by atoms with Crippen molar-refractivity contribution in [1.82, 2.24) is 9.30 Å². The molecule has 3 heterocycles. The molecule has 0 unspecified atom stereocenters. The largest absolute Gasteiger partial charge is 0.322 e. The number of nitrogens with zero attached hydrogens (tertiary/aromatic N) is 3. The molecular weight excluding hydrogens is 322 g/mol. The van der Waals surface area contributed by atoms with Crippen LogP contribution in [-0.4, -0.2) is 28.2 Å². The van der Waals surface area contributed by atoms with E-state index in [1.807, 2.05) is 59.1 Å². The summed E-state index contributed by atoms with van der Waals surface area (Å²) in [6.45, 7) is 2.54. The van der Waals surface area contributed by atoms with E-state index in [2.05, 4.69) is 17.2 Å². The molecule has 0 saturated carbocycles. The number of hydrogen-bond acceptors (Lipinski definition) is 3. The maximum atomic E-state index is 12.6. The first kappa shape index (κ1) is 16.6. The fraction of sp³-hybridized carbons (Fsp3) is 0.273. The van der Waals surface area contributed by atoms with Crippen LogP contribution in [0, 0.1) is 17.2 Å². The Bertz CT molecular complexity index is 960. The van der Waals surface area contributed by atoms with Crippen LogP contribution in [0.4, 0.5) is 0 Å². The van der Waals surface area contributed by atoms with Crippen LogP contribution in [0.2, 0.25) is 0 Å². The van der Waals surface area contributed by atoms with E-state index < -0.39 is 0 Å². The molecule has 4 rings (SSSR count). The van der Waals surface area contributed by atoms with E-state index in [0.717, 1.165) is 54.7 Å². The molecule has 0 bridgehead atoms. The normalized spacial score (nSPS) is 15.8. The van der Waals surface area contributed by atoms with Crippen molar-refractivity contribution in [2.45, 2.75) is 19.4 Å². The van der Waals surface area contributed by atoms with E-state index in [9.17, 15) is 10.1 Å². The van der Waals surface area contributed by atoms with Crippen molar-refractivity contribution in [2.24, 2.45) is 5.92 Å². The van der Waals surface area contributed by atoms with Gasteiger partial charge in [-0.2, -0.15) is 5.26 Å². The summed E-state index contributed by atoms with van der Waals surface area (Å²) in [5, 5.41) is 9.55. The summed E-state index contributed by atoms with van der Waals surface area (Å²) in [4.78, 5) is 15.0. The first-order valence-corrected chi connectivity index (χ1v) is 9.06. The number of ketones is 1. The van der Waals surface area contributed by atoms with Crippen LogP contribution in [-0.2, 0) is 6.54 Å². The van der Waals surface area contributed by atoms with E-state index in [0.29, 0.717) is 0 Å². The number of hydrogen-bond donors (Lipinski definition) is 0. The third-order valence-corrected chi connectivity index (χ3v) is 5.28. The standard InChI is InChI=1S/C22H21N3O/c23-14-20-19(16-25-11-5-4-8-21(20)25)15-24-12-9-18(10-13-24)22(26)17-6-2-1-3-7-17/h1-8,11,16,18H,9-10,12-13,15H2. The number of aromatic nitrogens is 1. The van der Waals surface area contributed by atoms with Gasteiger partial charge in [-0.3, -0.25) is 9.69 Å². The van der Waals surface area contributed by atoms with Crippen molar-refractivity contribution in [1.29, 1.82) is 5.26 Å². The predicted octanol–water partition coefficient (Wildman–Crippen LogP) is 3.91. The maximum Gasteiger partial charge on any atom is 0.166 e. The zero-order valence-electron chi connectivity index (χ0n) is 14.6. The highest BCUT2D eigenvalue weighted by Crippen LogP contribution is 2.25. The van der Waals surface area contributed by atoms with Gasteiger partial charge in [0.25, 0.3) is 0 Å². The minimum Gasteiger partial charge on any atom is -0.322 e. The zero-order valence-corrected chi connectivity index (χ0v) is 14.6. The molecule has 0 radical (unpaired) electrons. The highest BCUT2D eigenvalue weighted by molar-refractivity contribution is 5.97. The fourth-order valence-corrected chi connectivity index (χ4v) is 3.86. The third kappa shape index (κ3) is 3.14. The molecule has 4 nitrogen and oxygen atoms in total. The van der Waals surface area contributed by atoms with Gasteiger partial charge in [0.1, 0.15) is 6.07 Å². The molecule has 26 heavy (non-hydrogen) atoms. The number of likely N-dealkylation sites (tertiary alicyclic amines) is 1. The summed E-state index contributed by atoms with van der Waals surface area (Å²) in [6, 6.07) is 17.8. The lowest BCUT2D eigenvalue weighted by molar-refractivity contribution is 0.0835. The minimum atomic E-state index is 0.109. The molecule has 0 atom stereocenters. The fourth-order valence-electron chi connectivity index (χ4n) is 3.86. The number of pyridine rings is 1. The van der Waals surface area contributed by atoms with Crippen LogP contribution in [0.3, 0.4) is 0 Å². The van der Waals surface area contributed by atoms with Crippen LogP contribution >= 0.6 is 0 Å². The average Bonchev–Trinajstić information content (AvgIpc) is 3.05. The highest BCUT2D eigenvalue weighted by atomic mass is 16.1. The molecule has 1 aromatic carbocycles. The van der Waals surface area contributed by atoms with Crippen molar-refractivity contribution in [3.05, 3.63) is 77.6 Å². The second kappa shape index (κ2) is 7.15. The predicted molar refractivity (Wildman–Crippen MR) is 101 cm³/mol. The van der Waals surface area contributed by atoms with E-state index >= 15 is 0 Å². The Kier molecular flexibility index (Phi) is 4.55. The first-order valence-electron chi connectivity index (χ1n) is 9.06. The number of piperidine rings is 1. The number of carbonyl (C=O) groups excluding carboxylic acids is 1. The second-order valence-corrected chi connectivity index (χ2v) is 6.91. The van der Waals surface area contributed by atoms with E-state index in [1.54, 1.807) is 0 Å². The molecule has 0 aliphatic carbocycles. The first-order chi connectivity index (χ1) is 12.8. The smallest absolute Gasteiger partial charge is 0.166 e. The molecule has 130 valence electrons. The number of benzene rings is 1. The van der Waals surface area contributed by atoms with Gasteiger partial charge in [-0.1, -0.05) is 36.4 Å². The topological polar surface area (TPSA) is 48.5 Å². The summed E-state index contributed by atoms with van der Waals surface area (Å²) in [5.74, 6) is 0.370. The molecule has 1 aliphatic rings. The zero-order chi connectivity index (χ0) is 17.9. The third-order valence-electron chi connectivity index (χ3n) is 5.28. The molecule has 0 N–H and O–H groups in total. The summed E-state index contributed by atoms with van der Waals surface area (Å²) >= 11 is 0. The number of rotatable bonds is 4. The van der Waals surface area contributed by atoms with Gasteiger partial charge < -0.3 is 4.40 Å². The van der Waals surface area contributed by atoms with Crippen molar-refractivity contribution in [3.63, 3.8) is 0 Å². The SMILES string of the molecule is N#Cc1c(CN2CCC(C(=O)c3ccccc3)CC2)cn2ccccc12. The molecule has 1 saturated heterocycles. The molecule has 1 fully saturated rings. The van der Waals surface area contributed by atoms with Crippen LogP contribution < -0.4 is 0 Å². The Morgan fingerprint density at radius 3 is 2.54 bits per heavy atom. The van der Waals surface area contributed by atoms with E-state index in [-0.39, 0.29) is 11.7 Å². The Morgan fingerprint density at radius 2 is 1.81 bits per heavy atom. The molecule has 0 spiro atoms. The number of Topliss-reactive ketones (excluding diaryl/α,β-unsaturated/α-hetero) is 1. The lowest BCUT2D eigenvalue weighted by atomic mass is 9.89. The van der Waals surface area contributed by atoms with Gasteiger partial charge in [0.15, 0.2) is 5.78 Å².